The van der Waals surface area contributed by atoms with Crippen molar-refractivity contribution in [3.05, 3.63) is 35.5 Å². The van der Waals surface area contributed by atoms with Gasteiger partial charge in [-0.15, -0.1) is 0 Å². The summed E-state index contributed by atoms with van der Waals surface area (Å²) in [5, 5.41) is 6.94. The third-order valence-corrected chi connectivity index (χ3v) is 5.47. The Labute approximate surface area is 149 Å². The Hall–Kier alpha value is -1.95. The molecule has 2 fully saturated rings. The molecule has 25 heavy (non-hydrogen) atoms. The number of hydrogen-bond donors (Lipinski definition) is 1. The smallest absolute Gasteiger partial charge is 0.132 e. The predicted molar refractivity (Wildman–Crippen MR) is 98.9 cm³/mol. The number of piperidine rings is 1. The van der Waals surface area contributed by atoms with Gasteiger partial charge in [0.25, 0.3) is 0 Å². The van der Waals surface area contributed by atoms with E-state index in [0.717, 1.165) is 44.2 Å². The van der Waals surface area contributed by atoms with Crippen molar-refractivity contribution in [2.75, 3.05) is 37.6 Å². The highest BCUT2D eigenvalue weighted by molar-refractivity contribution is 5.41. The van der Waals surface area contributed by atoms with Crippen LogP contribution in [0.2, 0.25) is 0 Å². The first-order valence-corrected chi connectivity index (χ1v) is 9.58. The molecule has 0 amide bonds. The number of hydrogen-bond acceptors (Lipinski definition) is 5. The van der Waals surface area contributed by atoms with Crippen molar-refractivity contribution in [2.24, 2.45) is 0 Å². The molecule has 6 heteroatoms. The van der Waals surface area contributed by atoms with Gasteiger partial charge in [0.2, 0.25) is 0 Å². The summed E-state index contributed by atoms with van der Waals surface area (Å²) in [4.78, 5) is 14.5. The number of likely N-dealkylation sites (tertiary alicyclic amines) is 1. The normalized spacial score (nSPS) is 21.8. The zero-order chi connectivity index (χ0) is 17.1. The Morgan fingerprint density at radius 2 is 2.04 bits per heavy atom. The van der Waals surface area contributed by atoms with Gasteiger partial charge in [-0.05, 0) is 51.1 Å². The molecule has 2 aromatic rings. The molecule has 0 bridgehead atoms. The Morgan fingerprint density at radius 1 is 1.16 bits per heavy atom. The van der Waals surface area contributed by atoms with Crippen molar-refractivity contribution in [1.82, 2.24) is 25.1 Å². The van der Waals surface area contributed by atoms with Crippen molar-refractivity contribution < 1.29 is 0 Å². The van der Waals surface area contributed by atoms with E-state index in [-0.39, 0.29) is 0 Å². The van der Waals surface area contributed by atoms with Gasteiger partial charge in [-0.1, -0.05) is 0 Å². The van der Waals surface area contributed by atoms with Gasteiger partial charge in [-0.2, -0.15) is 5.10 Å². The number of H-pyrrole nitrogens is 1. The highest BCUT2D eigenvalue weighted by Crippen LogP contribution is 2.28. The van der Waals surface area contributed by atoms with Crippen LogP contribution in [0, 0.1) is 6.92 Å². The van der Waals surface area contributed by atoms with Crippen molar-refractivity contribution >= 4 is 5.82 Å². The summed E-state index contributed by atoms with van der Waals surface area (Å²) in [7, 11) is 0. The Bertz CT molecular complexity index is 677. The molecule has 0 saturated carbocycles. The third-order valence-electron chi connectivity index (χ3n) is 5.47. The minimum Gasteiger partial charge on any atom is -0.357 e. The third kappa shape index (κ3) is 4.00. The zero-order valence-corrected chi connectivity index (χ0v) is 15.1. The number of anilines is 1. The maximum absolute atomic E-state index is 4.79. The maximum Gasteiger partial charge on any atom is 0.132 e. The first kappa shape index (κ1) is 16.5. The molecule has 2 saturated heterocycles. The van der Waals surface area contributed by atoms with E-state index in [1.165, 1.54) is 43.5 Å². The summed E-state index contributed by atoms with van der Waals surface area (Å²) in [6.45, 7) is 7.70. The van der Waals surface area contributed by atoms with E-state index in [9.17, 15) is 0 Å². The molecule has 2 aliphatic rings. The second-order valence-electron chi connectivity index (χ2n) is 7.39. The van der Waals surface area contributed by atoms with Gasteiger partial charge >= 0.3 is 0 Å². The predicted octanol–water partition coefficient (Wildman–Crippen LogP) is 2.53. The van der Waals surface area contributed by atoms with Crippen LogP contribution < -0.4 is 4.90 Å². The fraction of sp³-hybridized carbons (Fsp3) is 0.632. The molecule has 0 radical (unpaired) electrons. The number of nitrogens with one attached hydrogen (secondary N) is 1. The second kappa shape index (κ2) is 7.52. The molecular weight excluding hydrogens is 312 g/mol. The standard InChI is InChI=1S/C19H28N6/c1-15-22-18(11-19(23-15)25-8-2-3-9-25)17-5-4-7-24(14-17)10-6-16-12-20-21-13-16/h11-13,17H,2-10,14H2,1H3,(H,20,21). The molecule has 4 heterocycles. The van der Waals surface area contributed by atoms with Crippen molar-refractivity contribution in [1.29, 1.82) is 0 Å². The Kier molecular flexibility index (Phi) is 4.97. The monoisotopic (exact) mass is 340 g/mol. The van der Waals surface area contributed by atoms with Gasteiger partial charge in [-0.25, -0.2) is 9.97 Å². The van der Waals surface area contributed by atoms with E-state index in [4.69, 9.17) is 9.97 Å². The fourth-order valence-corrected chi connectivity index (χ4v) is 4.09. The highest BCUT2D eigenvalue weighted by Gasteiger charge is 2.24. The molecule has 4 rings (SSSR count). The lowest BCUT2D eigenvalue weighted by molar-refractivity contribution is 0.208. The van der Waals surface area contributed by atoms with Gasteiger partial charge < -0.3 is 9.80 Å². The van der Waals surface area contributed by atoms with Crippen LogP contribution >= 0.6 is 0 Å². The van der Waals surface area contributed by atoms with Gasteiger partial charge in [-0.3, -0.25) is 5.10 Å². The summed E-state index contributed by atoms with van der Waals surface area (Å²) in [5.41, 5.74) is 2.53. The van der Waals surface area contributed by atoms with E-state index in [1.54, 1.807) is 0 Å². The van der Waals surface area contributed by atoms with Crippen LogP contribution in [0.15, 0.2) is 18.5 Å². The molecule has 2 aromatic heterocycles. The van der Waals surface area contributed by atoms with Crippen LogP contribution in [-0.2, 0) is 6.42 Å². The largest absolute Gasteiger partial charge is 0.357 e. The Balaban J connectivity index is 1.43. The van der Waals surface area contributed by atoms with Gasteiger partial charge in [0, 0.05) is 44.4 Å². The fourth-order valence-electron chi connectivity index (χ4n) is 4.09. The Morgan fingerprint density at radius 3 is 2.84 bits per heavy atom. The number of aromatic amines is 1. The van der Waals surface area contributed by atoms with Gasteiger partial charge in [0.15, 0.2) is 0 Å². The van der Waals surface area contributed by atoms with Gasteiger partial charge in [0.05, 0.1) is 11.9 Å². The van der Waals surface area contributed by atoms with Gasteiger partial charge in [0.1, 0.15) is 11.6 Å². The molecule has 0 aromatic carbocycles. The topological polar surface area (TPSA) is 60.9 Å². The minimum atomic E-state index is 0.529. The summed E-state index contributed by atoms with van der Waals surface area (Å²) in [6, 6.07) is 2.25. The van der Waals surface area contributed by atoms with E-state index in [2.05, 4.69) is 26.1 Å². The summed E-state index contributed by atoms with van der Waals surface area (Å²) < 4.78 is 0. The molecule has 0 spiro atoms. The van der Waals surface area contributed by atoms with Crippen LogP contribution in [0.5, 0.6) is 0 Å². The SMILES string of the molecule is Cc1nc(C2CCCN(CCc3cn[nH]c3)C2)cc(N2CCCC2)n1. The number of aromatic nitrogens is 4. The van der Waals surface area contributed by atoms with Crippen LogP contribution in [0.1, 0.15) is 48.7 Å². The quantitative estimate of drug-likeness (QED) is 0.906. The van der Waals surface area contributed by atoms with Crippen LogP contribution in [0.25, 0.3) is 0 Å². The molecular formula is C19H28N6. The van der Waals surface area contributed by atoms with Crippen LogP contribution in [0.3, 0.4) is 0 Å². The maximum atomic E-state index is 4.79. The number of rotatable bonds is 5. The molecule has 2 aliphatic heterocycles. The molecule has 1 unspecified atom stereocenters. The molecule has 0 aliphatic carbocycles. The first-order valence-electron chi connectivity index (χ1n) is 9.58. The van der Waals surface area contributed by atoms with E-state index < -0.39 is 0 Å². The summed E-state index contributed by atoms with van der Waals surface area (Å²) in [6.07, 6.45) is 10.0. The lowest BCUT2D eigenvalue weighted by atomic mass is 9.94. The molecule has 1 N–H and O–H groups in total. The number of nitrogens with zero attached hydrogens (tertiary/aromatic N) is 5. The van der Waals surface area contributed by atoms with E-state index in [0.29, 0.717) is 5.92 Å². The summed E-state index contributed by atoms with van der Waals surface area (Å²) in [5.74, 6) is 2.58. The van der Waals surface area contributed by atoms with Crippen molar-refractivity contribution in [2.45, 2.75) is 44.9 Å². The lowest BCUT2D eigenvalue weighted by Crippen LogP contribution is -2.36. The zero-order valence-electron chi connectivity index (χ0n) is 15.1. The second-order valence-corrected chi connectivity index (χ2v) is 7.39. The molecule has 1 atom stereocenters. The minimum absolute atomic E-state index is 0.529. The van der Waals surface area contributed by atoms with Crippen LogP contribution in [0.4, 0.5) is 5.82 Å². The van der Waals surface area contributed by atoms with Crippen molar-refractivity contribution in [3.8, 4) is 0 Å². The molecule has 6 nitrogen and oxygen atoms in total. The first-order chi connectivity index (χ1) is 12.3. The van der Waals surface area contributed by atoms with E-state index >= 15 is 0 Å². The van der Waals surface area contributed by atoms with Crippen molar-refractivity contribution in [3.63, 3.8) is 0 Å². The molecule has 134 valence electrons. The van der Waals surface area contributed by atoms with E-state index in [1.807, 2.05) is 19.3 Å². The average Bonchev–Trinajstić information content (AvgIpc) is 3.33. The van der Waals surface area contributed by atoms with Crippen LogP contribution in [-0.4, -0.2) is 57.8 Å². The lowest BCUT2D eigenvalue weighted by Gasteiger charge is -2.32. The number of aryl methyl sites for hydroxylation is 1. The average molecular weight is 340 g/mol. The summed E-state index contributed by atoms with van der Waals surface area (Å²) >= 11 is 0. The highest BCUT2D eigenvalue weighted by atomic mass is 15.2.